The molecular weight excluding hydrogens is 629 g/mol. The predicted molar refractivity (Wildman–Crippen MR) is 219 cm³/mol. The van der Waals surface area contributed by atoms with Gasteiger partial charge in [0, 0.05) is 38.8 Å². The summed E-state index contributed by atoms with van der Waals surface area (Å²) >= 11 is 0. The normalized spacial score (nSPS) is 13.7. The van der Waals surface area contributed by atoms with Gasteiger partial charge < -0.3 is 9.13 Å². The van der Waals surface area contributed by atoms with Crippen LogP contribution in [0.3, 0.4) is 0 Å². The molecule has 0 fully saturated rings. The number of hydrogen-bond donors (Lipinski definition) is 0. The molecular formula is C50H34N2. The highest BCUT2D eigenvalue weighted by Gasteiger charge is 2.27. The lowest BCUT2D eigenvalue weighted by Crippen LogP contribution is -1.95. The van der Waals surface area contributed by atoms with Gasteiger partial charge in [0.25, 0.3) is 0 Å². The number of rotatable bonds is 4. The summed E-state index contributed by atoms with van der Waals surface area (Å²) in [6.45, 7) is 2.35. The minimum Gasteiger partial charge on any atom is -0.309 e. The van der Waals surface area contributed by atoms with E-state index in [1.807, 2.05) is 0 Å². The van der Waals surface area contributed by atoms with Crippen LogP contribution in [0.5, 0.6) is 0 Å². The maximum Gasteiger partial charge on any atom is 0.0544 e. The Morgan fingerprint density at radius 1 is 0.327 bits per heavy atom. The van der Waals surface area contributed by atoms with E-state index < -0.39 is 0 Å². The van der Waals surface area contributed by atoms with Crippen LogP contribution < -0.4 is 0 Å². The Labute approximate surface area is 302 Å². The second kappa shape index (κ2) is 11.2. The molecule has 2 aromatic heterocycles. The molecule has 52 heavy (non-hydrogen) atoms. The third-order valence-corrected chi connectivity index (χ3v) is 11.4. The fourth-order valence-corrected chi connectivity index (χ4v) is 8.86. The van der Waals surface area contributed by atoms with Crippen LogP contribution in [-0.2, 0) is 0 Å². The van der Waals surface area contributed by atoms with Gasteiger partial charge in [-0.15, -0.1) is 0 Å². The van der Waals surface area contributed by atoms with Crippen molar-refractivity contribution in [2.24, 2.45) is 0 Å². The molecule has 1 atom stereocenters. The van der Waals surface area contributed by atoms with E-state index in [1.54, 1.807) is 0 Å². The van der Waals surface area contributed by atoms with Crippen LogP contribution in [0.2, 0.25) is 0 Å². The zero-order valence-electron chi connectivity index (χ0n) is 28.8. The summed E-state index contributed by atoms with van der Waals surface area (Å²) in [6.07, 6.45) is 0. The third kappa shape index (κ3) is 4.25. The van der Waals surface area contributed by atoms with Crippen molar-refractivity contribution in [3.8, 4) is 44.8 Å². The first-order valence-corrected chi connectivity index (χ1v) is 18.2. The minimum absolute atomic E-state index is 0.362. The summed E-state index contributed by atoms with van der Waals surface area (Å²) in [5.41, 5.74) is 17.7. The summed E-state index contributed by atoms with van der Waals surface area (Å²) < 4.78 is 4.85. The zero-order valence-corrected chi connectivity index (χ0v) is 28.8. The van der Waals surface area contributed by atoms with Gasteiger partial charge in [0.05, 0.1) is 22.1 Å². The predicted octanol–water partition coefficient (Wildman–Crippen LogP) is 13.3. The molecule has 2 heterocycles. The monoisotopic (exact) mass is 662 g/mol. The van der Waals surface area contributed by atoms with Crippen LogP contribution in [-0.4, -0.2) is 9.13 Å². The fraction of sp³-hybridized carbons (Fsp3) is 0.0400. The molecule has 0 aliphatic heterocycles. The van der Waals surface area contributed by atoms with Crippen LogP contribution in [0.1, 0.15) is 24.0 Å². The van der Waals surface area contributed by atoms with Crippen LogP contribution in [0.4, 0.5) is 0 Å². The molecule has 0 amide bonds. The highest BCUT2D eigenvalue weighted by atomic mass is 15.0. The Kier molecular flexibility index (Phi) is 6.26. The molecule has 1 unspecified atom stereocenters. The molecule has 244 valence electrons. The van der Waals surface area contributed by atoms with Crippen molar-refractivity contribution in [1.29, 1.82) is 0 Å². The summed E-state index contributed by atoms with van der Waals surface area (Å²) in [5.74, 6) is 0.362. The molecule has 2 heteroatoms. The number of para-hydroxylation sites is 2. The summed E-state index contributed by atoms with van der Waals surface area (Å²) in [6, 6.07) is 67.0. The van der Waals surface area contributed by atoms with Gasteiger partial charge in [-0.3, -0.25) is 0 Å². The van der Waals surface area contributed by atoms with Crippen molar-refractivity contribution >= 4 is 43.6 Å². The van der Waals surface area contributed by atoms with Crippen molar-refractivity contribution in [1.82, 2.24) is 9.13 Å². The fourth-order valence-electron chi connectivity index (χ4n) is 8.86. The average Bonchev–Trinajstić information content (AvgIpc) is 3.82. The van der Waals surface area contributed by atoms with Gasteiger partial charge in [-0.25, -0.2) is 0 Å². The minimum atomic E-state index is 0.362. The number of nitrogens with zero attached hydrogens (tertiary/aromatic N) is 2. The van der Waals surface area contributed by atoms with Gasteiger partial charge >= 0.3 is 0 Å². The second-order valence-electron chi connectivity index (χ2n) is 14.2. The zero-order chi connectivity index (χ0) is 34.3. The first-order valence-electron chi connectivity index (χ1n) is 18.2. The highest BCUT2D eigenvalue weighted by Crippen LogP contribution is 2.48. The van der Waals surface area contributed by atoms with Gasteiger partial charge in [0.15, 0.2) is 0 Å². The maximum atomic E-state index is 2.46. The maximum absolute atomic E-state index is 2.46. The second-order valence-corrected chi connectivity index (χ2v) is 14.2. The Hall–Kier alpha value is -6.64. The van der Waals surface area contributed by atoms with E-state index in [0.717, 1.165) is 0 Å². The van der Waals surface area contributed by atoms with Gasteiger partial charge in [-0.05, 0) is 117 Å². The smallest absolute Gasteiger partial charge is 0.0544 e. The van der Waals surface area contributed by atoms with Crippen LogP contribution in [0.25, 0.3) is 88.4 Å². The van der Waals surface area contributed by atoms with Gasteiger partial charge in [-0.1, -0.05) is 116 Å². The van der Waals surface area contributed by atoms with Crippen molar-refractivity contribution in [3.05, 3.63) is 193 Å². The molecule has 0 N–H and O–H groups in total. The summed E-state index contributed by atoms with van der Waals surface area (Å²) in [4.78, 5) is 0. The molecule has 10 aromatic rings. The molecule has 0 radical (unpaired) electrons. The van der Waals surface area contributed by atoms with E-state index in [4.69, 9.17) is 0 Å². The summed E-state index contributed by atoms with van der Waals surface area (Å²) in [5, 5.41) is 5.07. The molecule has 0 spiro atoms. The molecule has 2 nitrogen and oxygen atoms in total. The first-order chi connectivity index (χ1) is 25.7. The van der Waals surface area contributed by atoms with Gasteiger partial charge in [-0.2, -0.15) is 0 Å². The van der Waals surface area contributed by atoms with Crippen LogP contribution in [0, 0.1) is 0 Å². The SMILES string of the molecule is CC1c2ccccc2-c2cc3c4cc(-c5ccc6c(c5)c5cc(-c7ccccc7)ccc5n6-c5ccccc5)ccc4n(-c4ccccc4)c3cc21. The molecule has 0 saturated carbocycles. The largest absolute Gasteiger partial charge is 0.309 e. The van der Waals surface area contributed by atoms with E-state index in [-0.39, 0.29) is 0 Å². The number of aromatic nitrogens is 2. The van der Waals surface area contributed by atoms with Crippen molar-refractivity contribution in [2.45, 2.75) is 12.8 Å². The lowest BCUT2D eigenvalue weighted by molar-refractivity contribution is 0.957. The quantitative estimate of drug-likeness (QED) is 0.177. The van der Waals surface area contributed by atoms with Crippen LogP contribution >= 0.6 is 0 Å². The average molecular weight is 663 g/mol. The standard InChI is InChI=1S/C50H34N2/c1-32-39-19-11-12-20-40(39)42-30-46-45-29-36(23-26-49(45)52(50(46)31-41(32)42)38-17-9-4-10-18-38)35-22-25-48-44(28-35)43-27-34(33-13-5-2-6-14-33)21-24-47(43)51(48)37-15-7-3-8-16-37/h2-32H,1H3. The van der Waals surface area contributed by atoms with Crippen LogP contribution in [0.15, 0.2) is 182 Å². The molecule has 1 aliphatic rings. The molecule has 0 bridgehead atoms. The topological polar surface area (TPSA) is 9.86 Å². The van der Waals surface area contributed by atoms with E-state index in [0.29, 0.717) is 5.92 Å². The first kappa shape index (κ1) is 29.1. The van der Waals surface area contributed by atoms with E-state index in [2.05, 4.69) is 198 Å². The Bertz CT molecular complexity index is 3000. The molecule has 1 aliphatic carbocycles. The van der Waals surface area contributed by atoms with Crippen molar-refractivity contribution in [2.75, 3.05) is 0 Å². The molecule has 11 rings (SSSR count). The number of fused-ring (bicyclic) bond motifs is 9. The highest BCUT2D eigenvalue weighted by molar-refractivity contribution is 6.14. The van der Waals surface area contributed by atoms with Crippen molar-refractivity contribution < 1.29 is 0 Å². The van der Waals surface area contributed by atoms with E-state index >= 15 is 0 Å². The Balaban J connectivity index is 1.15. The van der Waals surface area contributed by atoms with Gasteiger partial charge in [0.2, 0.25) is 0 Å². The van der Waals surface area contributed by atoms with E-state index in [9.17, 15) is 0 Å². The van der Waals surface area contributed by atoms with E-state index in [1.165, 1.54) is 99.5 Å². The lowest BCUT2D eigenvalue weighted by Gasteiger charge is -2.10. The molecule has 0 saturated heterocycles. The molecule has 8 aromatic carbocycles. The summed E-state index contributed by atoms with van der Waals surface area (Å²) in [7, 11) is 0. The third-order valence-electron chi connectivity index (χ3n) is 11.4. The Morgan fingerprint density at radius 3 is 1.33 bits per heavy atom. The van der Waals surface area contributed by atoms with Crippen molar-refractivity contribution in [3.63, 3.8) is 0 Å². The number of benzene rings is 8. The lowest BCUT2D eigenvalue weighted by atomic mass is 9.97. The van der Waals surface area contributed by atoms with Gasteiger partial charge in [0.1, 0.15) is 0 Å². The Morgan fingerprint density at radius 2 is 0.769 bits per heavy atom. The number of hydrogen-bond acceptors (Lipinski definition) is 0.